The standard InChI is InChI=1S/C23H26F3N3O6S/c1-16(30)28-12-13-29(36(32,33)20-8-6-18(7-9-20)35-23(24,25)26)21(15-28)22(31)27-11-10-17-4-3-5-19(14-17)34-2/h3-9,14,21H,10-13,15H2,1-2H3,(H,27,31)/t21-/m1/s1. The molecule has 1 aliphatic heterocycles. The molecule has 1 saturated heterocycles. The maximum absolute atomic E-state index is 13.3. The summed E-state index contributed by atoms with van der Waals surface area (Å²) in [5.74, 6) is -0.818. The molecule has 9 nitrogen and oxygen atoms in total. The van der Waals surface area contributed by atoms with Crippen molar-refractivity contribution in [3.63, 3.8) is 0 Å². The third-order valence-corrected chi connectivity index (χ3v) is 7.51. The number of benzene rings is 2. The average molecular weight is 530 g/mol. The Kier molecular flexibility index (Phi) is 8.46. The Bertz CT molecular complexity index is 1190. The number of amides is 2. The molecule has 0 saturated carbocycles. The highest BCUT2D eigenvalue weighted by Gasteiger charge is 2.41. The third kappa shape index (κ3) is 6.88. The first-order valence-electron chi connectivity index (χ1n) is 10.9. The first kappa shape index (κ1) is 27.3. The monoisotopic (exact) mass is 529 g/mol. The van der Waals surface area contributed by atoms with Gasteiger partial charge in [-0.25, -0.2) is 8.42 Å². The molecule has 36 heavy (non-hydrogen) atoms. The third-order valence-electron chi connectivity index (χ3n) is 5.59. The van der Waals surface area contributed by atoms with Crippen LogP contribution in [0.1, 0.15) is 12.5 Å². The molecule has 0 bridgehead atoms. The quantitative estimate of drug-likeness (QED) is 0.562. The van der Waals surface area contributed by atoms with Gasteiger partial charge in [-0.1, -0.05) is 12.1 Å². The molecule has 0 aliphatic carbocycles. The summed E-state index contributed by atoms with van der Waals surface area (Å²) in [6.45, 7) is 1.28. The zero-order valence-electron chi connectivity index (χ0n) is 19.6. The van der Waals surface area contributed by atoms with Crippen molar-refractivity contribution in [2.24, 2.45) is 0 Å². The number of piperazine rings is 1. The summed E-state index contributed by atoms with van der Waals surface area (Å²) in [7, 11) is -2.73. The van der Waals surface area contributed by atoms with Crippen LogP contribution in [0.5, 0.6) is 11.5 Å². The minimum Gasteiger partial charge on any atom is -0.497 e. The number of carbonyl (C=O) groups is 2. The molecule has 2 aromatic carbocycles. The molecule has 3 rings (SSSR count). The van der Waals surface area contributed by atoms with E-state index < -0.39 is 34.1 Å². The van der Waals surface area contributed by atoms with Gasteiger partial charge in [-0.2, -0.15) is 4.31 Å². The zero-order chi connectivity index (χ0) is 26.5. The van der Waals surface area contributed by atoms with Gasteiger partial charge in [0.25, 0.3) is 0 Å². The molecule has 1 atom stereocenters. The molecular weight excluding hydrogens is 503 g/mol. The second kappa shape index (κ2) is 11.2. The van der Waals surface area contributed by atoms with Gasteiger partial charge >= 0.3 is 6.36 Å². The fraction of sp³-hybridized carbons (Fsp3) is 0.391. The van der Waals surface area contributed by atoms with E-state index >= 15 is 0 Å². The Morgan fingerprint density at radius 1 is 1.08 bits per heavy atom. The molecule has 2 amide bonds. The number of ether oxygens (including phenoxy) is 2. The Hall–Kier alpha value is -3.32. The predicted molar refractivity (Wildman–Crippen MR) is 123 cm³/mol. The summed E-state index contributed by atoms with van der Waals surface area (Å²) in [5.41, 5.74) is 0.897. The molecule has 13 heteroatoms. The normalized spacial score (nSPS) is 16.9. The highest BCUT2D eigenvalue weighted by molar-refractivity contribution is 7.89. The molecule has 1 N–H and O–H groups in total. The van der Waals surface area contributed by atoms with Crippen molar-refractivity contribution >= 4 is 21.8 Å². The van der Waals surface area contributed by atoms with Gasteiger partial charge in [-0.3, -0.25) is 9.59 Å². The second-order valence-electron chi connectivity index (χ2n) is 8.01. The number of sulfonamides is 1. The van der Waals surface area contributed by atoms with Crippen LogP contribution in [0.3, 0.4) is 0 Å². The van der Waals surface area contributed by atoms with Crippen molar-refractivity contribution in [3.05, 3.63) is 54.1 Å². The molecule has 0 spiro atoms. The number of carbonyl (C=O) groups excluding carboxylic acids is 2. The van der Waals surface area contributed by atoms with Crippen molar-refractivity contribution < 1.29 is 40.7 Å². The van der Waals surface area contributed by atoms with Gasteiger partial charge in [0.2, 0.25) is 21.8 Å². The summed E-state index contributed by atoms with van der Waals surface area (Å²) in [6, 6.07) is 9.76. The molecule has 1 aliphatic rings. The molecule has 0 unspecified atom stereocenters. The van der Waals surface area contributed by atoms with Gasteiger partial charge in [0, 0.05) is 33.1 Å². The highest BCUT2D eigenvalue weighted by Crippen LogP contribution is 2.27. The van der Waals surface area contributed by atoms with Crippen LogP contribution in [0.4, 0.5) is 13.2 Å². The van der Waals surface area contributed by atoms with Gasteiger partial charge in [0.1, 0.15) is 17.5 Å². The van der Waals surface area contributed by atoms with Crippen molar-refractivity contribution in [2.45, 2.75) is 30.6 Å². The lowest BCUT2D eigenvalue weighted by molar-refractivity contribution is -0.274. The lowest BCUT2D eigenvalue weighted by Crippen LogP contribution is -2.61. The van der Waals surface area contributed by atoms with E-state index in [9.17, 15) is 31.2 Å². The van der Waals surface area contributed by atoms with E-state index in [1.807, 2.05) is 12.1 Å². The fourth-order valence-electron chi connectivity index (χ4n) is 3.78. The number of hydrogen-bond acceptors (Lipinski definition) is 6. The van der Waals surface area contributed by atoms with Crippen molar-refractivity contribution in [1.29, 1.82) is 0 Å². The first-order chi connectivity index (χ1) is 16.9. The van der Waals surface area contributed by atoms with E-state index in [2.05, 4.69) is 10.1 Å². The van der Waals surface area contributed by atoms with Crippen LogP contribution in [0.25, 0.3) is 0 Å². The van der Waals surface area contributed by atoms with Crippen LogP contribution in [-0.4, -0.2) is 75.1 Å². The van der Waals surface area contributed by atoms with Crippen LogP contribution in [0.15, 0.2) is 53.4 Å². The van der Waals surface area contributed by atoms with Gasteiger partial charge in [0.15, 0.2) is 0 Å². The van der Waals surface area contributed by atoms with Crippen LogP contribution >= 0.6 is 0 Å². The number of halogens is 3. The van der Waals surface area contributed by atoms with Gasteiger partial charge < -0.3 is 19.7 Å². The lowest BCUT2D eigenvalue weighted by atomic mass is 10.1. The summed E-state index contributed by atoms with van der Waals surface area (Å²) in [4.78, 5) is 26.0. The topological polar surface area (TPSA) is 105 Å². The minimum absolute atomic E-state index is 0.0669. The van der Waals surface area contributed by atoms with E-state index in [-0.39, 0.29) is 37.0 Å². The fourth-order valence-corrected chi connectivity index (χ4v) is 5.35. The number of alkyl halides is 3. The van der Waals surface area contributed by atoms with Crippen LogP contribution in [-0.2, 0) is 26.0 Å². The van der Waals surface area contributed by atoms with Crippen LogP contribution in [0, 0.1) is 0 Å². The summed E-state index contributed by atoms with van der Waals surface area (Å²) in [6.07, 6.45) is -4.46. The maximum atomic E-state index is 13.3. The first-order valence-corrected chi connectivity index (χ1v) is 12.4. The summed E-state index contributed by atoms with van der Waals surface area (Å²) in [5, 5.41) is 2.72. The molecule has 2 aromatic rings. The molecule has 1 heterocycles. The van der Waals surface area contributed by atoms with Gasteiger partial charge in [0.05, 0.1) is 12.0 Å². The van der Waals surface area contributed by atoms with Crippen molar-refractivity contribution in [2.75, 3.05) is 33.3 Å². The molecule has 0 aromatic heterocycles. The van der Waals surface area contributed by atoms with Crippen molar-refractivity contribution in [3.8, 4) is 11.5 Å². The molecule has 1 fully saturated rings. The zero-order valence-corrected chi connectivity index (χ0v) is 20.4. The van der Waals surface area contributed by atoms with E-state index in [0.717, 1.165) is 34.1 Å². The summed E-state index contributed by atoms with van der Waals surface area (Å²) < 4.78 is 73.8. The average Bonchev–Trinajstić information content (AvgIpc) is 2.83. The van der Waals surface area contributed by atoms with Crippen LogP contribution in [0.2, 0.25) is 0 Å². The number of methoxy groups -OCH3 is 1. The number of rotatable bonds is 8. The number of nitrogens with one attached hydrogen (secondary N) is 1. The predicted octanol–water partition coefficient (Wildman–Crippen LogP) is 2.17. The van der Waals surface area contributed by atoms with Crippen molar-refractivity contribution in [1.82, 2.24) is 14.5 Å². The highest BCUT2D eigenvalue weighted by atomic mass is 32.2. The summed E-state index contributed by atoms with van der Waals surface area (Å²) >= 11 is 0. The SMILES string of the molecule is COc1cccc(CCNC(=O)[C@H]2CN(C(C)=O)CCN2S(=O)(=O)c2ccc(OC(F)(F)F)cc2)c1. The maximum Gasteiger partial charge on any atom is 0.573 e. The molecule has 0 radical (unpaired) electrons. The second-order valence-corrected chi connectivity index (χ2v) is 9.90. The van der Waals surface area contributed by atoms with E-state index in [4.69, 9.17) is 4.74 Å². The Labute approximate surface area is 206 Å². The lowest BCUT2D eigenvalue weighted by Gasteiger charge is -2.39. The van der Waals surface area contributed by atoms with E-state index in [1.165, 1.54) is 18.9 Å². The number of hydrogen-bond donors (Lipinski definition) is 1. The van der Waals surface area contributed by atoms with Crippen LogP contribution < -0.4 is 14.8 Å². The van der Waals surface area contributed by atoms with E-state index in [1.54, 1.807) is 12.1 Å². The Balaban J connectivity index is 1.76. The number of nitrogens with zero attached hydrogens (tertiary/aromatic N) is 2. The smallest absolute Gasteiger partial charge is 0.497 e. The molecule has 196 valence electrons. The minimum atomic E-state index is -4.92. The van der Waals surface area contributed by atoms with Gasteiger partial charge in [-0.05, 0) is 48.4 Å². The Morgan fingerprint density at radius 2 is 1.78 bits per heavy atom. The largest absolute Gasteiger partial charge is 0.573 e. The Morgan fingerprint density at radius 3 is 2.39 bits per heavy atom. The molecular formula is C23H26F3N3O6S. The van der Waals surface area contributed by atoms with E-state index in [0.29, 0.717) is 12.2 Å². The van der Waals surface area contributed by atoms with Gasteiger partial charge in [-0.15, -0.1) is 13.2 Å².